The third-order valence-electron chi connectivity index (χ3n) is 9.98. The van der Waals surface area contributed by atoms with Crippen molar-refractivity contribution in [3.63, 3.8) is 0 Å². The van der Waals surface area contributed by atoms with E-state index >= 15 is 0 Å². The number of benzene rings is 3. The first-order valence-corrected chi connectivity index (χ1v) is 15.3. The SMILES string of the molecule is CC(=O)Oc1ccc(-c2ccc(C=O)c(OCCCN3C(=O)c4ccccc4C3=O)c2)cc1C12CC3CC(CC(C3)C1)C2. The largest absolute Gasteiger partial charge is 0.493 e. The summed E-state index contributed by atoms with van der Waals surface area (Å²) in [6, 6.07) is 18.4. The molecule has 4 aliphatic carbocycles. The quantitative estimate of drug-likeness (QED) is 0.0933. The smallest absolute Gasteiger partial charge is 0.308 e. The van der Waals surface area contributed by atoms with Crippen molar-refractivity contribution in [2.75, 3.05) is 13.2 Å². The number of nitrogens with zero attached hydrogens (tertiary/aromatic N) is 1. The molecule has 0 radical (unpaired) electrons. The highest BCUT2D eigenvalue weighted by Crippen LogP contribution is 2.62. The zero-order chi connectivity index (χ0) is 29.7. The number of ether oxygens (including phenoxy) is 2. The van der Waals surface area contributed by atoms with Crippen LogP contribution >= 0.6 is 0 Å². The first-order chi connectivity index (χ1) is 20.8. The lowest BCUT2D eigenvalue weighted by molar-refractivity contribution is -0.132. The van der Waals surface area contributed by atoms with Gasteiger partial charge in [-0.1, -0.05) is 24.3 Å². The highest BCUT2D eigenvalue weighted by Gasteiger charge is 2.52. The Hall–Kier alpha value is -4.26. The minimum atomic E-state index is -0.314. The molecule has 4 bridgehead atoms. The Labute approximate surface area is 251 Å². The number of hydrogen-bond acceptors (Lipinski definition) is 6. The lowest BCUT2D eigenvalue weighted by Crippen LogP contribution is -2.48. The molecule has 0 saturated heterocycles. The third kappa shape index (κ3) is 4.94. The molecule has 2 amide bonds. The molecule has 1 aliphatic heterocycles. The minimum absolute atomic E-state index is 0.0295. The second kappa shape index (κ2) is 10.8. The van der Waals surface area contributed by atoms with Crippen molar-refractivity contribution < 1.29 is 28.7 Å². The molecular weight excluding hydrogens is 542 g/mol. The summed E-state index contributed by atoms with van der Waals surface area (Å²) < 4.78 is 11.8. The van der Waals surface area contributed by atoms with Gasteiger partial charge in [-0.2, -0.15) is 0 Å². The topological polar surface area (TPSA) is 90.0 Å². The van der Waals surface area contributed by atoms with Gasteiger partial charge in [0.25, 0.3) is 11.8 Å². The van der Waals surface area contributed by atoms with Gasteiger partial charge in [0, 0.05) is 19.0 Å². The molecule has 4 fully saturated rings. The molecule has 0 N–H and O–H groups in total. The monoisotopic (exact) mass is 577 g/mol. The number of amides is 2. The van der Waals surface area contributed by atoms with Crippen molar-refractivity contribution in [3.8, 4) is 22.6 Å². The van der Waals surface area contributed by atoms with Gasteiger partial charge in [-0.25, -0.2) is 0 Å². The fourth-order valence-corrected chi connectivity index (χ4v) is 8.59. The molecule has 5 aliphatic rings. The Morgan fingerprint density at radius 2 is 1.47 bits per heavy atom. The molecule has 0 unspecified atom stereocenters. The Morgan fingerprint density at radius 3 is 2.07 bits per heavy atom. The Bertz CT molecular complexity index is 1570. The zero-order valence-electron chi connectivity index (χ0n) is 24.3. The Morgan fingerprint density at radius 1 is 0.860 bits per heavy atom. The minimum Gasteiger partial charge on any atom is -0.493 e. The fraction of sp³-hybridized carbons (Fsp3) is 0.389. The summed E-state index contributed by atoms with van der Waals surface area (Å²) in [7, 11) is 0. The second-order valence-corrected chi connectivity index (χ2v) is 12.9. The highest BCUT2D eigenvalue weighted by atomic mass is 16.5. The van der Waals surface area contributed by atoms with Crippen LogP contribution in [0.25, 0.3) is 11.1 Å². The maximum absolute atomic E-state index is 12.7. The maximum atomic E-state index is 12.7. The fourth-order valence-electron chi connectivity index (χ4n) is 8.59. The van der Waals surface area contributed by atoms with Crippen molar-refractivity contribution >= 4 is 24.1 Å². The number of carbonyl (C=O) groups excluding carboxylic acids is 4. The first kappa shape index (κ1) is 27.6. The number of aldehydes is 1. The van der Waals surface area contributed by atoms with E-state index in [9.17, 15) is 19.2 Å². The summed E-state index contributed by atoms with van der Waals surface area (Å²) in [4.78, 5) is 50.5. The van der Waals surface area contributed by atoms with Gasteiger partial charge in [-0.3, -0.25) is 24.1 Å². The van der Waals surface area contributed by atoms with Crippen LogP contribution in [0.3, 0.4) is 0 Å². The molecule has 43 heavy (non-hydrogen) atoms. The summed E-state index contributed by atoms with van der Waals surface area (Å²) in [6.07, 6.45) is 8.59. The van der Waals surface area contributed by atoms with Gasteiger partial charge in [-0.15, -0.1) is 0 Å². The summed E-state index contributed by atoms with van der Waals surface area (Å²) in [5.74, 6) is 2.45. The van der Waals surface area contributed by atoms with E-state index in [1.165, 1.54) is 31.1 Å². The number of carbonyl (C=O) groups is 4. The summed E-state index contributed by atoms with van der Waals surface area (Å²) in [5, 5.41) is 0. The van der Waals surface area contributed by atoms with Crippen LogP contribution in [-0.4, -0.2) is 42.1 Å². The normalized spacial score (nSPS) is 25.1. The van der Waals surface area contributed by atoms with Crippen LogP contribution in [0.5, 0.6) is 11.5 Å². The molecule has 3 aromatic rings. The van der Waals surface area contributed by atoms with Crippen LogP contribution < -0.4 is 9.47 Å². The van der Waals surface area contributed by atoms with Crippen LogP contribution in [0.4, 0.5) is 0 Å². The zero-order valence-corrected chi connectivity index (χ0v) is 24.3. The number of imide groups is 1. The average Bonchev–Trinajstić information content (AvgIpc) is 3.23. The molecule has 0 aromatic heterocycles. The molecular formula is C36H35NO6. The molecule has 7 heteroatoms. The van der Waals surface area contributed by atoms with E-state index in [1.807, 2.05) is 24.3 Å². The molecule has 8 rings (SSSR count). The van der Waals surface area contributed by atoms with Crippen molar-refractivity contribution in [2.24, 2.45) is 17.8 Å². The number of fused-ring (bicyclic) bond motifs is 1. The molecule has 0 spiro atoms. The van der Waals surface area contributed by atoms with Crippen LogP contribution in [0, 0.1) is 17.8 Å². The van der Waals surface area contributed by atoms with Crippen molar-refractivity contribution in [1.82, 2.24) is 4.90 Å². The van der Waals surface area contributed by atoms with E-state index in [2.05, 4.69) is 6.07 Å². The van der Waals surface area contributed by atoms with E-state index in [0.29, 0.717) is 34.6 Å². The standard InChI is InChI=1S/C36H35NO6/c1-22(39)43-32-10-9-26(16-31(32)36-18-23-13-24(19-36)15-25(14-23)20-36)27-7-8-28(21-38)33(17-27)42-12-4-11-37-34(40)29-5-2-3-6-30(29)35(37)41/h2-3,5-10,16-17,21,23-25H,4,11-15,18-20H2,1H3. The summed E-state index contributed by atoms with van der Waals surface area (Å²) in [5.41, 5.74) is 4.33. The van der Waals surface area contributed by atoms with Crippen molar-refractivity contribution in [2.45, 2.75) is 57.3 Å². The molecule has 0 atom stereocenters. The molecule has 7 nitrogen and oxygen atoms in total. The Balaban J connectivity index is 1.11. The van der Waals surface area contributed by atoms with Crippen LogP contribution in [0.2, 0.25) is 0 Å². The van der Waals surface area contributed by atoms with Gasteiger partial charge in [-0.05, 0) is 116 Å². The van der Waals surface area contributed by atoms with Crippen molar-refractivity contribution in [1.29, 1.82) is 0 Å². The number of hydrogen-bond donors (Lipinski definition) is 0. The predicted octanol–water partition coefficient (Wildman–Crippen LogP) is 6.62. The van der Waals surface area contributed by atoms with E-state index in [1.54, 1.807) is 30.3 Å². The predicted molar refractivity (Wildman–Crippen MR) is 160 cm³/mol. The number of esters is 1. The van der Waals surface area contributed by atoms with Crippen LogP contribution in [0.15, 0.2) is 60.7 Å². The van der Waals surface area contributed by atoms with Gasteiger partial charge >= 0.3 is 5.97 Å². The van der Waals surface area contributed by atoms with Gasteiger partial charge in [0.15, 0.2) is 6.29 Å². The van der Waals surface area contributed by atoms with E-state index in [0.717, 1.165) is 60.0 Å². The van der Waals surface area contributed by atoms with Crippen molar-refractivity contribution in [3.05, 3.63) is 82.9 Å². The number of rotatable bonds is 9. The molecule has 220 valence electrons. The maximum Gasteiger partial charge on any atom is 0.308 e. The third-order valence-corrected chi connectivity index (χ3v) is 9.98. The van der Waals surface area contributed by atoms with Gasteiger partial charge < -0.3 is 9.47 Å². The summed E-state index contributed by atoms with van der Waals surface area (Å²) >= 11 is 0. The van der Waals surface area contributed by atoms with Gasteiger partial charge in [0.05, 0.1) is 23.3 Å². The molecule has 1 heterocycles. The Kier molecular flexibility index (Phi) is 6.91. The van der Waals surface area contributed by atoms with E-state index in [-0.39, 0.29) is 36.4 Å². The van der Waals surface area contributed by atoms with E-state index in [4.69, 9.17) is 9.47 Å². The molecule has 4 saturated carbocycles. The first-order valence-electron chi connectivity index (χ1n) is 15.3. The highest BCUT2D eigenvalue weighted by molar-refractivity contribution is 6.21. The second-order valence-electron chi connectivity index (χ2n) is 12.9. The molecule has 3 aromatic carbocycles. The average molecular weight is 578 g/mol. The lowest BCUT2D eigenvalue weighted by atomic mass is 9.48. The van der Waals surface area contributed by atoms with Gasteiger partial charge in [0.2, 0.25) is 0 Å². The van der Waals surface area contributed by atoms with Crippen LogP contribution in [0.1, 0.15) is 88.5 Å². The van der Waals surface area contributed by atoms with Crippen LogP contribution in [-0.2, 0) is 10.2 Å². The van der Waals surface area contributed by atoms with E-state index < -0.39 is 0 Å². The lowest BCUT2D eigenvalue weighted by Gasteiger charge is -2.57. The summed E-state index contributed by atoms with van der Waals surface area (Å²) in [6.45, 7) is 1.92. The van der Waals surface area contributed by atoms with Gasteiger partial charge in [0.1, 0.15) is 11.5 Å².